The molecule has 178 valence electrons. The van der Waals surface area contributed by atoms with Crippen LogP contribution in [0, 0.1) is 0 Å². The van der Waals surface area contributed by atoms with Gasteiger partial charge in [0.2, 0.25) is 5.91 Å². The van der Waals surface area contributed by atoms with Crippen molar-refractivity contribution in [2.24, 2.45) is 0 Å². The third-order valence-corrected chi connectivity index (χ3v) is 5.45. The molecule has 1 heterocycles. The molecule has 0 saturated carbocycles. The van der Waals surface area contributed by atoms with Crippen LogP contribution in [0.4, 0.5) is 0 Å². The summed E-state index contributed by atoms with van der Waals surface area (Å²) in [6, 6.07) is 11.8. The van der Waals surface area contributed by atoms with E-state index in [0.29, 0.717) is 26.2 Å². The standard InChI is InChI=1S/C26H34N2O5/c1-28(15-12-21-8-10-22(30-2)24(18-21)31-3)14-5-13-27-26(29)7-4-6-20-9-11-23-25(19-20)33-17-16-32-23/h4,6,8-11,18-19H,5,7,12-17H2,1-3H3,(H,27,29). The SMILES string of the molecule is COc1ccc(CCN(C)CCCNC(=O)CC=Cc2ccc3c(c2)OCCO3)cc1OC. The predicted molar refractivity (Wildman–Crippen MR) is 129 cm³/mol. The van der Waals surface area contributed by atoms with Crippen molar-refractivity contribution >= 4 is 12.0 Å². The van der Waals surface area contributed by atoms with Crippen molar-refractivity contribution in [2.75, 3.05) is 54.1 Å². The van der Waals surface area contributed by atoms with Gasteiger partial charge in [-0.3, -0.25) is 4.79 Å². The van der Waals surface area contributed by atoms with Crippen molar-refractivity contribution in [1.29, 1.82) is 0 Å². The zero-order valence-corrected chi connectivity index (χ0v) is 19.8. The average Bonchev–Trinajstić information content (AvgIpc) is 2.85. The molecule has 1 aliphatic rings. The van der Waals surface area contributed by atoms with Gasteiger partial charge in [0.25, 0.3) is 0 Å². The zero-order valence-electron chi connectivity index (χ0n) is 19.8. The van der Waals surface area contributed by atoms with E-state index in [4.69, 9.17) is 18.9 Å². The predicted octanol–water partition coefficient (Wildman–Crippen LogP) is 3.56. The minimum Gasteiger partial charge on any atom is -0.493 e. The van der Waals surface area contributed by atoms with Crippen molar-refractivity contribution < 1.29 is 23.7 Å². The summed E-state index contributed by atoms with van der Waals surface area (Å²) in [4.78, 5) is 14.4. The number of hydrogen-bond acceptors (Lipinski definition) is 6. The van der Waals surface area contributed by atoms with Gasteiger partial charge >= 0.3 is 0 Å². The molecule has 0 atom stereocenters. The lowest BCUT2D eigenvalue weighted by atomic mass is 10.1. The third-order valence-electron chi connectivity index (χ3n) is 5.45. The quantitative estimate of drug-likeness (QED) is 0.495. The van der Waals surface area contributed by atoms with E-state index in [1.54, 1.807) is 14.2 Å². The second-order valence-corrected chi connectivity index (χ2v) is 7.96. The highest BCUT2D eigenvalue weighted by atomic mass is 16.6. The van der Waals surface area contributed by atoms with Crippen LogP contribution in [0.15, 0.2) is 42.5 Å². The molecule has 0 bridgehead atoms. The summed E-state index contributed by atoms with van der Waals surface area (Å²) >= 11 is 0. The fourth-order valence-electron chi connectivity index (χ4n) is 3.58. The number of fused-ring (bicyclic) bond motifs is 1. The zero-order chi connectivity index (χ0) is 23.5. The van der Waals surface area contributed by atoms with Crippen LogP contribution >= 0.6 is 0 Å². The maximum Gasteiger partial charge on any atom is 0.223 e. The normalized spacial score (nSPS) is 12.7. The van der Waals surface area contributed by atoms with Gasteiger partial charge in [-0.2, -0.15) is 0 Å². The molecule has 0 fully saturated rings. The molecule has 0 saturated heterocycles. The molecule has 3 rings (SSSR count). The number of methoxy groups -OCH3 is 2. The molecule has 7 heteroatoms. The fraction of sp³-hybridized carbons (Fsp3) is 0.423. The van der Waals surface area contributed by atoms with Gasteiger partial charge in [-0.25, -0.2) is 0 Å². The van der Waals surface area contributed by atoms with Crippen LogP contribution in [0.5, 0.6) is 23.0 Å². The summed E-state index contributed by atoms with van der Waals surface area (Å²) in [6.07, 6.45) is 5.98. The van der Waals surface area contributed by atoms with Crippen molar-refractivity contribution in [2.45, 2.75) is 19.3 Å². The number of ether oxygens (including phenoxy) is 4. The highest BCUT2D eigenvalue weighted by Gasteiger charge is 2.11. The first-order valence-electron chi connectivity index (χ1n) is 11.3. The Kier molecular flexibility index (Phi) is 9.44. The van der Waals surface area contributed by atoms with Crippen LogP contribution in [0.2, 0.25) is 0 Å². The maximum atomic E-state index is 12.1. The summed E-state index contributed by atoms with van der Waals surface area (Å²) in [6.45, 7) is 3.66. The van der Waals surface area contributed by atoms with Gasteiger partial charge in [-0.05, 0) is 61.8 Å². The van der Waals surface area contributed by atoms with Gasteiger partial charge in [-0.15, -0.1) is 0 Å². The van der Waals surface area contributed by atoms with Crippen LogP contribution in [0.3, 0.4) is 0 Å². The largest absolute Gasteiger partial charge is 0.493 e. The van der Waals surface area contributed by atoms with E-state index in [0.717, 1.165) is 54.5 Å². The van der Waals surface area contributed by atoms with Gasteiger partial charge in [0.05, 0.1) is 14.2 Å². The van der Waals surface area contributed by atoms with Gasteiger partial charge in [-0.1, -0.05) is 24.3 Å². The smallest absolute Gasteiger partial charge is 0.223 e. The molecule has 0 aromatic heterocycles. The lowest BCUT2D eigenvalue weighted by molar-refractivity contribution is -0.120. The number of carbonyl (C=O) groups is 1. The number of nitrogens with one attached hydrogen (secondary N) is 1. The average molecular weight is 455 g/mol. The first-order chi connectivity index (χ1) is 16.1. The summed E-state index contributed by atoms with van der Waals surface area (Å²) < 4.78 is 21.8. The van der Waals surface area contributed by atoms with Gasteiger partial charge in [0.15, 0.2) is 23.0 Å². The molecule has 2 aromatic rings. The first kappa shape index (κ1) is 24.5. The Labute approximate surface area is 196 Å². The number of hydrogen-bond donors (Lipinski definition) is 1. The number of amides is 1. The molecule has 33 heavy (non-hydrogen) atoms. The van der Waals surface area contributed by atoms with E-state index in [9.17, 15) is 4.79 Å². The number of carbonyl (C=O) groups excluding carboxylic acids is 1. The van der Waals surface area contributed by atoms with E-state index < -0.39 is 0 Å². The van der Waals surface area contributed by atoms with E-state index >= 15 is 0 Å². The Hall–Kier alpha value is -3.19. The van der Waals surface area contributed by atoms with Crippen LogP contribution in [0.1, 0.15) is 24.0 Å². The number of rotatable bonds is 12. The van der Waals surface area contributed by atoms with Crippen molar-refractivity contribution in [3.63, 3.8) is 0 Å². The second kappa shape index (κ2) is 12.7. The molecule has 0 radical (unpaired) electrons. The van der Waals surface area contributed by atoms with Crippen LogP contribution in [0.25, 0.3) is 6.08 Å². The van der Waals surface area contributed by atoms with Crippen LogP contribution in [-0.4, -0.2) is 64.9 Å². The molecule has 0 aliphatic carbocycles. The molecule has 0 unspecified atom stereocenters. The Balaban J connectivity index is 1.30. The second-order valence-electron chi connectivity index (χ2n) is 7.96. The van der Waals surface area contributed by atoms with Crippen molar-refractivity contribution in [3.8, 4) is 23.0 Å². The summed E-state index contributed by atoms with van der Waals surface area (Å²) in [7, 11) is 5.38. The molecule has 1 N–H and O–H groups in total. The van der Waals surface area contributed by atoms with Crippen molar-refractivity contribution in [3.05, 3.63) is 53.6 Å². The Morgan fingerprint density at radius 2 is 1.82 bits per heavy atom. The minimum atomic E-state index is 0.0248. The van der Waals surface area contributed by atoms with E-state index in [1.807, 2.05) is 42.5 Å². The highest BCUT2D eigenvalue weighted by molar-refractivity contribution is 5.78. The van der Waals surface area contributed by atoms with Gasteiger partial charge < -0.3 is 29.2 Å². The van der Waals surface area contributed by atoms with E-state index in [-0.39, 0.29) is 5.91 Å². The maximum absolute atomic E-state index is 12.1. The minimum absolute atomic E-state index is 0.0248. The Bertz CT molecular complexity index is 944. The lowest BCUT2D eigenvalue weighted by Gasteiger charge is -2.18. The lowest BCUT2D eigenvalue weighted by Crippen LogP contribution is -2.28. The summed E-state index contributed by atoms with van der Waals surface area (Å²) in [5.74, 6) is 3.04. The number of likely N-dealkylation sites (N-methyl/N-ethyl adjacent to an activating group) is 1. The molecule has 0 spiro atoms. The third kappa shape index (κ3) is 7.71. The molecule has 1 amide bonds. The number of benzene rings is 2. The topological polar surface area (TPSA) is 69.3 Å². The highest BCUT2D eigenvalue weighted by Crippen LogP contribution is 2.31. The Morgan fingerprint density at radius 3 is 2.61 bits per heavy atom. The monoisotopic (exact) mass is 454 g/mol. The fourth-order valence-corrected chi connectivity index (χ4v) is 3.58. The van der Waals surface area contributed by atoms with Crippen LogP contribution in [-0.2, 0) is 11.2 Å². The summed E-state index contributed by atoms with van der Waals surface area (Å²) in [5.41, 5.74) is 2.20. The molecule has 2 aromatic carbocycles. The van der Waals surface area contributed by atoms with E-state index in [2.05, 4.69) is 23.3 Å². The summed E-state index contributed by atoms with van der Waals surface area (Å²) in [5, 5.41) is 2.98. The van der Waals surface area contributed by atoms with Crippen LogP contribution < -0.4 is 24.3 Å². The van der Waals surface area contributed by atoms with Gasteiger partial charge in [0.1, 0.15) is 13.2 Å². The van der Waals surface area contributed by atoms with Crippen molar-refractivity contribution in [1.82, 2.24) is 10.2 Å². The first-order valence-corrected chi connectivity index (χ1v) is 11.3. The van der Waals surface area contributed by atoms with Gasteiger partial charge in [0, 0.05) is 19.5 Å². The molecule has 7 nitrogen and oxygen atoms in total. The Morgan fingerprint density at radius 1 is 1.03 bits per heavy atom. The molecular formula is C26H34N2O5. The number of nitrogens with zero attached hydrogens (tertiary/aromatic N) is 1. The molecule has 1 aliphatic heterocycles. The van der Waals surface area contributed by atoms with E-state index in [1.165, 1.54) is 5.56 Å². The molecular weight excluding hydrogens is 420 g/mol.